The summed E-state index contributed by atoms with van der Waals surface area (Å²) < 4.78 is 48.9. The summed E-state index contributed by atoms with van der Waals surface area (Å²) in [6, 6.07) is 12.5. The van der Waals surface area contributed by atoms with E-state index >= 15 is 0 Å². The third kappa shape index (κ3) is 6.61. The number of hydrogen-bond acceptors (Lipinski definition) is 6. The molecule has 3 aromatic rings. The van der Waals surface area contributed by atoms with Gasteiger partial charge in [0.05, 0.1) is 35.5 Å². The van der Waals surface area contributed by atoms with E-state index in [2.05, 4.69) is 15.8 Å². The summed E-state index contributed by atoms with van der Waals surface area (Å²) >= 11 is 6.06. The number of hydrazone groups is 1. The standard InChI is InChI=1S/C23H19ClF3N3O4/c1-2-33-22(32)18-10-14(6-8-19(18)24)20-9-7-17(34-20)12-29-30-21(31)13-28-16-5-3-4-15(11-16)23(25,26)27/h3-12,28H,2,13H2,1H3,(H,30,31)/b29-12-. The average molecular weight is 494 g/mol. The van der Waals surface area contributed by atoms with Crippen molar-refractivity contribution in [2.75, 3.05) is 18.5 Å². The zero-order valence-corrected chi connectivity index (χ0v) is 18.5. The number of carbonyl (C=O) groups is 2. The molecular weight excluding hydrogens is 475 g/mol. The monoisotopic (exact) mass is 493 g/mol. The van der Waals surface area contributed by atoms with Gasteiger partial charge < -0.3 is 14.5 Å². The summed E-state index contributed by atoms with van der Waals surface area (Å²) in [6.45, 7) is 1.61. The summed E-state index contributed by atoms with van der Waals surface area (Å²) in [5.41, 5.74) is 2.36. The molecular formula is C23H19ClF3N3O4. The van der Waals surface area contributed by atoms with Gasteiger partial charge >= 0.3 is 12.1 Å². The van der Waals surface area contributed by atoms with Crippen molar-refractivity contribution in [1.29, 1.82) is 0 Å². The van der Waals surface area contributed by atoms with Crippen molar-refractivity contribution in [2.24, 2.45) is 5.10 Å². The lowest BCUT2D eigenvalue weighted by Crippen LogP contribution is -2.26. The molecule has 1 heterocycles. The molecule has 0 atom stereocenters. The number of furan rings is 1. The number of alkyl halides is 3. The van der Waals surface area contributed by atoms with E-state index in [0.717, 1.165) is 12.1 Å². The molecule has 1 aromatic heterocycles. The van der Waals surface area contributed by atoms with Crippen LogP contribution in [0.1, 0.15) is 28.6 Å². The highest BCUT2D eigenvalue weighted by molar-refractivity contribution is 6.33. The van der Waals surface area contributed by atoms with Gasteiger partial charge in [0.1, 0.15) is 11.5 Å². The molecule has 0 spiro atoms. The lowest BCUT2D eigenvalue weighted by Gasteiger charge is -2.09. The summed E-state index contributed by atoms with van der Waals surface area (Å²) in [6.07, 6.45) is -3.22. The van der Waals surface area contributed by atoms with Crippen LogP contribution in [0.25, 0.3) is 11.3 Å². The first-order valence-electron chi connectivity index (χ1n) is 9.97. The molecule has 2 aromatic carbocycles. The SMILES string of the molecule is CCOC(=O)c1cc(-c2ccc(/C=N\NC(=O)CNc3cccc(C(F)(F)F)c3)o2)ccc1Cl. The number of carbonyl (C=O) groups excluding carboxylic acids is 2. The van der Waals surface area contributed by atoms with Gasteiger partial charge in [-0.15, -0.1) is 0 Å². The van der Waals surface area contributed by atoms with E-state index in [9.17, 15) is 22.8 Å². The van der Waals surface area contributed by atoms with Crippen LogP contribution in [0, 0.1) is 0 Å². The second kappa shape index (κ2) is 10.9. The summed E-state index contributed by atoms with van der Waals surface area (Å²) in [7, 11) is 0. The molecule has 0 unspecified atom stereocenters. The molecule has 0 aliphatic carbocycles. The zero-order chi connectivity index (χ0) is 24.7. The minimum absolute atomic E-state index is 0.148. The average Bonchev–Trinajstić information content (AvgIpc) is 3.26. The van der Waals surface area contributed by atoms with Crippen LogP contribution in [0.15, 0.2) is 64.1 Å². The molecule has 0 saturated heterocycles. The molecule has 0 saturated carbocycles. The Kier molecular flexibility index (Phi) is 7.95. The van der Waals surface area contributed by atoms with Crippen LogP contribution in [-0.2, 0) is 15.7 Å². The third-order valence-electron chi connectivity index (χ3n) is 4.40. The van der Waals surface area contributed by atoms with Gasteiger partial charge in [-0.3, -0.25) is 4.79 Å². The minimum Gasteiger partial charge on any atom is -0.462 e. The fourth-order valence-electron chi connectivity index (χ4n) is 2.82. The van der Waals surface area contributed by atoms with Crippen LogP contribution < -0.4 is 10.7 Å². The van der Waals surface area contributed by atoms with E-state index in [1.54, 1.807) is 37.3 Å². The molecule has 7 nitrogen and oxygen atoms in total. The predicted molar refractivity (Wildman–Crippen MR) is 121 cm³/mol. The molecule has 178 valence electrons. The number of amides is 1. The van der Waals surface area contributed by atoms with E-state index < -0.39 is 23.6 Å². The van der Waals surface area contributed by atoms with Crippen molar-refractivity contribution in [3.05, 3.63) is 76.5 Å². The zero-order valence-electron chi connectivity index (χ0n) is 17.8. The maximum Gasteiger partial charge on any atom is 0.416 e. The summed E-state index contributed by atoms with van der Waals surface area (Å²) in [5, 5.41) is 6.62. The number of rotatable bonds is 8. The maximum absolute atomic E-state index is 12.7. The van der Waals surface area contributed by atoms with Gasteiger partial charge in [-0.05, 0) is 55.5 Å². The second-order valence-corrected chi connectivity index (χ2v) is 7.25. The number of halogens is 4. The number of benzene rings is 2. The topological polar surface area (TPSA) is 92.9 Å². The van der Waals surface area contributed by atoms with E-state index in [0.29, 0.717) is 17.1 Å². The van der Waals surface area contributed by atoms with E-state index in [-0.39, 0.29) is 29.4 Å². The fourth-order valence-corrected chi connectivity index (χ4v) is 3.01. The highest BCUT2D eigenvalue weighted by Gasteiger charge is 2.30. The number of nitrogens with one attached hydrogen (secondary N) is 2. The molecule has 34 heavy (non-hydrogen) atoms. The number of esters is 1. The van der Waals surface area contributed by atoms with Crippen LogP contribution in [0.4, 0.5) is 18.9 Å². The number of ether oxygens (including phenoxy) is 1. The molecule has 0 radical (unpaired) electrons. The number of anilines is 1. The van der Waals surface area contributed by atoms with E-state index in [1.165, 1.54) is 18.3 Å². The molecule has 0 bridgehead atoms. The Hall–Kier alpha value is -3.79. The molecule has 1 amide bonds. The van der Waals surface area contributed by atoms with Crippen molar-refractivity contribution in [1.82, 2.24) is 5.43 Å². The molecule has 2 N–H and O–H groups in total. The Bertz CT molecular complexity index is 1210. The van der Waals surface area contributed by atoms with E-state index in [4.69, 9.17) is 20.8 Å². The Morgan fingerprint density at radius 2 is 1.94 bits per heavy atom. The van der Waals surface area contributed by atoms with Gasteiger partial charge in [-0.25, -0.2) is 10.2 Å². The van der Waals surface area contributed by atoms with Crippen LogP contribution in [-0.4, -0.2) is 31.2 Å². The van der Waals surface area contributed by atoms with Crippen molar-refractivity contribution in [3.8, 4) is 11.3 Å². The molecule has 0 aliphatic heterocycles. The van der Waals surface area contributed by atoms with Gasteiger partial charge in [0, 0.05) is 11.3 Å². The number of hydrogen-bond donors (Lipinski definition) is 2. The molecule has 3 rings (SSSR count). The first kappa shape index (κ1) is 24.8. The normalized spacial score (nSPS) is 11.4. The van der Waals surface area contributed by atoms with Crippen molar-refractivity contribution in [3.63, 3.8) is 0 Å². The van der Waals surface area contributed by atoms with Crippen LogP contribution in [0.2, 0.25) is 5.02 Å². The minimum atomic E-state index is -4.47. The maximum atomic E-state index is 12.7. The smallest absolute Gasteiger partial charge is 0.416 e. The van der Waals surface area contributed by atoms with Crippen LogP contribution >= 0.6 is 11.6 Å². The van der Waals surface area contributed by atoms with Gasteiger partial charge in [0.2, 0.25) is 0 Å². The Morgan fingerprint density at radius 1 is 1.15 bits per heavy atom. The van der Waals surface area contributed by atoms with Gasteiger partial charge in [0.15, 0.2) is 0 Å². The van der Waals surface area contributed by atoms with Crippen LogP contribution in [0.3, 0.4) is 0 Å². The number of nitrogens with zero attached hydrogens (tertiary/aromatic N) is 1. The van der Waals surface area contributed by atoms with Gasteiger partial charge in [-0.2, -0.15) is 18.3 Å². The fraction of sp³-hybridized carbons (Fsp3) is 0.174. The Morgan fingerprint density at radius 3 is 2.68 bits per heavy atom. The van der Waals surface area contributed by atoms with Crippen molar-refractivity contribution >= 4 is 35.4 Å². The largest absolute Gasteiger partial charge is 0.462 e. The molecule has 0 aliphatic rings. The third-order valence-corrected chi connectivity index (χ3v) is 4.73. The predicted octanol–water partition coefficient (Wildman–Crippen LogP) is 5.36. The summed E-state index contributed by atoms with van der Waals surface area (Å²) in [5.74, 6) is -0.378. The molecule has 0 fully saturated rings. The van der Waals surface area contributed by atoms with Crippen molar-refractivity contribution in [2.45, 2.75) is 13.1 Å². The Balaban J connectivity index is 1.57. The Labute approximate surface area is 197 Å². The lowest BCUT2D eigenvalue weighted by atomic mass is 10.1. The first-order chi connectivity index (χ1) is 16.2. The van der Waals surface area contributed by atoms with Crippen LogP contribution in [0.5, 0.6) is 0 Å². The lowest BCUT2D eigenvalue weighted by molar-refractivity contribution is -0.137. The van der Waals surface area contributed by atoms with Gasteiger partial charge in [0.25, 0.3) is 5.91 Å². The van der Waals surface area contributed by atoms with E-state index in [1.807, 2.05) is 0 Å². The quantitative estimate of drug-likeness (QED) is 0.250. The van der Waals surface area contributed by atoms with Gasteiger partial charge in [-0.1, -0.05) is 17.7 Å². The second-order valence-electron chi connectivity index (χ2n) is 6.84. The van der Waals surface area contributed by atoms with Crippen molar-refractivity contribution < 1.29 is 31.9 Å². The highest BCUT2D eigenvalue weighted by atomic mass is 35.5. The molecule has 11 heteroatoms. The summed E-state index contributed by atoms with van der Waals surface area (Å²) in [4.78, 5) is 23.9. The first-order valence-corrected chi connectivity index (χ1v) is 10.3. The highest BCUT2D eigenvalue weighted by Crippen LogP contribution is 2.30.